The minimum absolute atomic E-state index is 0.666. The Labute approximate surface area is 123 Å². The average Bonchev–Trinajstić information content (AvgIpc) is 2.96. The normalized spacial score (nSPS) is 10.8. The Balaban J connectivity index is 1.74. The van der Waals surface area contributed by atoms with E-state index in [4.69, 9.17) is 4.74 Å². The molecular weight excluding hydrogens is 334 g/mol. The fourth-order valence-corrected chi connectivity index (χ4v) is 3.52. The minimum atomic E-state index is 0.666. The molecule has 0 atom stereocenters. The molecule has 2 rings (SSSR count). The number of hydrogen-bond donors (Lipinski definition) is 1. The maximum absolute atomic E-state index is 5.00. The number of methoxy groups -OCH3 is 1. The van der Waals surface area contributed by atoms with Gasteiger partial charge in [-0.25, -0.2) is 4.98 Å². The van der Waals surface area contributed by atoms with Gasteiger partial charge in [-0.3, -0.25) is 0 Å². The summed E-state index contributed by atoms with van der Waals surface area (Å²) in [5.74, 6) is 0.850. The summed E-state index contributed by atoms with van der Waals surface area (Å²) in [5, 5.41) is 4.18. The Hall–Kier alpha value is -0.500. The van der Waals surface area contributed by atoms with Crippen molar-refractivity contribution in [2.24, 2.45) is 0 Å². The smallest absolute Gasteiger partial charge is 0.202 e. The van der Waals surface area contributed by atoms with Gasteiger partial charge < -0.3 is 10.1 Å². The molecule has 0 radical (unpaired) electrons. The number of halogens is 1. The van der Waals surface area contributed by atoms with Crippen LogP contribution in [0.4, 0.5) is 5.13 Å². The Bertz CT molecular complexity index is 486. The number of nitrogens with zero attached hydrogens (tertiary/aromatic N) is 2. The molecule has 2 aromatic heterocycles. The number of ether oxygens (including phenoxy) is 1. The fraction of sp³-hybridized carbons (Fsp3) is 0.455. The molecule has 18 heavy (non-hydrogen) atoms. The largest absolute Gasteiger partial charge is 0.384 e. The lowest BCUT2D eigenvalue weighted by Crippen LogP contribution is -2.04. The highest BCUT2D eigenvalue weighted by Gasteiger charge is 2.03. The van der Waals surface area contributed by atoms with Crippen LogP contribution in [0, 0.1) is 0 Å². The van der Waals surface area contributed by atoms with Gasteiger partial charge in [0.2, 0.25) is 5.13 Å². The lowest BCUT2D eigenvalue weighted by Gasteiger charge is -1.99. The van der Waals surface area contributed by atoms with Crippen molar-refractivity contribution in [3.8, 4) is 0 Å². The van der Waals surface area contributed by atoms with Crippen molar-refractivity contribution in [2.75, 3.05) is 25.6 Å². The van der Waals surface area contributed by atoms with E-state index in [1.807, 2.05) is 0 Å². The second kappa shape index (κ2) is 7.18. The van der Waals surface area contributed by atoms with Crippen LogP contribution >= 0.6 is 38.8 Å². The third kappa shape index (κ3) is 4.31. The lowest BCUT2D eigenvalue weighted by molar-refractivity contribution is 0.201. The number of nitrogens with one attached hydrogen (secondary N) is 1. The van der Waals surface area contributed by atoms with E-state index >= 15 is 0 Å². The van der Waals surface area contributed by atoms with Crippen LogP contribution < -0.4 is 5.32 Å². The second-order valence-electron chi connectivity index (χ2n) is 3.64. The predicted octanol–water partition coefficient (Wildman–Crippen LogP) is 3.21. The highest BCUT2D eigenvalue weighted by molar-refractivity contribution is 9.11. The summed E-state index contributed by atoms with van der Waals surface area (Å²) in [4.78, 5) is 5.75. The van der Waals surface area contributed by atoms with Gasteiger partial charge in [-0.15, -0.1) is 11.3 Å². The highest BCUT2D eigenvalue weighted by atomic mass is 79.9. The van der Waals surface area contributed by atoms with Crippen LogP contribution in [-0.2, 0) is 17.6 Å². The third-order valence-corrected chi connectivity index (χ3v) is 4.67. The molecule has 2 aromatic rings. The molecule has 2 heterocycles. The number of anilines is 1. The van der Waals surface area contributed by atoms with E-state index in [0.717, 1.165) is 30.3 Å². The molecular formula is C11H14BrN3OS2. The van der Waals surface area contributed by atoms with E-state index in [9.17, 15) is 0 Å². The van der Waals surface area contributed by atoms with Gasteiger partial charge in [-0.2, -0.15) is 4.37 Å². The predicted molar refractivity (Wildman–Crippen MR) is 79.7 cm³/mol. The lowest BCUT2D eigenvalue weighted by atomic mass is 10.3. The van der Waals surface area contributed by atoms with Crippen LogP contribution in [0.1, 0.15) is 10.7 Å². The van der Waals surface area contributed by atoms with Crippen molar-refractivity contribution in [1.29, 1.82) is 0 Å². The van der Waals surface area contributed by atoms with E-state index in [1.54, 1.807) is 18.4 Å². The molecule has 0 aromatic carbocycles. The Morgan fingerprint density at radius 1 is 1.39 bits per heavy atom. The SMILES string of the molecule is COCCc1nsc(NCCc2ccc(Br)s2)n1. The first kappa shape index (κ1) is 13.9. The first-order chi connectivity index (χ1) is 8.78. The molecule has 0 aliphatic carbocycles. The van der Waals surface area contributed by atoms with Crippen LogP contribution in [0.2, 0.25) is 0 Å². The zero-order valence-electron chi connectivity index (χ0n) is 9.98. The Kier molecular flexibility index (Phi) is 5.55. The summed E-state index contributed by atoms with van der Waals surface area (Å²) in [7, 11) is 1.69. The van der Waals surface area contributed by atoms with Crippen molar-refractivity contribution in [3.63, 3.8) is 0 Å². The molecule has 7 heteroatoms. The second-order valence-corrected chi connectivity index (χ2v) is 6.94. The van der Waals surface area contributed by atoms with Crippen LogP contribution in [-0.4, -0.2) is 29.6 Å². The van der Waals surface area contributed by atoms with E-state index in [1.165, 1.54) is 20.2 Å². The highest BCUT2D eigenvalue weighted by Crippen LogP contribution is 2.22. The van der Waals surface area contributed by atoms with E-state index in [0.29, 0.717) is 6.61 Å². The van der Waals surface area contributed by atoms with Gasteiger partial charge in [0.25, 0.3) is 0 Å². The topological polar surface area (TPSA) is 47.0 Å². The molecule has 98 valence electrons. The number of rotatable bonds is 7. The van der Waals surface area contributed by atoms with Crippen molar-refractivity contribution in [1.82, 2.24) is 9.36 Å². The van der Waals surface area contributed by atoms with Gasteiger partial charge in [0.05, 0.1) is 10.4 Å². The molecule has 0 aliphatic heterocycles. The fourth-order valence-electron chi connectivity index (χ4n) is 1.40. The van der Waals surface area contributed by atoms with Gasteiger partial charge in [-0.1, -0.05) is 0 Å². The van der Waals surface area contributed by atoms with Crippen molar-refractivity contribution in [2.45, 2.75) is 12.8 Å². The first-order valence-electron chi connectivity index (χ1n) is 5.57. The van der Waals surface area contributed by atoms with Gasteiger partial charge in [0.1, 0.15) is 5.82 Å². The van der Waals surface area contributed by atoms with E-state index in [2.05, 4.69) is 42.7 Å². The van der Waals surface area contributed by atoms with Crippen LogP contribution in [0.15, 0.2) is 15.9 Å². The molecule has 0 unspecified atom stereocenters. The zero-order valence-corrected chi connectivity index (χ0v) is 13.2. The average molecular weight is 348 g/mol. The minimum Gasteiger partial charge on any atom is -0.384 e. The monoisotopic (exact) mass is 347 g/mol. The third-order valence-electron chi connectivity index (χ3n) is 2.27. The summed E-state index contributed by atoms with van der Waals surface area (Å²) < 4.78 is 10.4. The number of aromatic nitrogens is 2. The molecule has 0 fully saturated rings. The van der Waals surface area contributed by atoms with Crippen LogP contribution in [0.3, 0.4) is 0 Å². The van der Waals surface area contributed by atoms with Gasteiger partial charge >= 0.3 is 0 Å². The number of thiophene rings is 1. The van der Waals surface area contributed by atoms with E-state index < -0.39 is 0 Å². The van der Waals surface area contributed by atoms with Crippen molar-refractivity contribution < 1.29 is 4.74 Å². The number of hydrogen-bond acceptors (Lipinski definition) is 6. The first-order valence-corrected chi connectivity index (χ1v) is 7.96. The summed E-state index contributed by atoms with van der Waals surface area (Å²) in [6.45, 7) is 1.55. The summed E-state index contributed by atoms with van der Waals surface area (Å²) in [5.41, 5.74) is 0. The Morgan fingerprint density at radius 3 is 3.00 bits per heavy atom. The molecule has 1 N–H and O–H groups in total. The summed E-state index contributed by atoms with van der Waals surface area (Å²) in [6.07, 6.45) is 1.77. The summed E-state index contributed by atoms with van der Waals surface area (Å²) in [6, 6.07) is 4.22. The maximum Gasteiger partial charge on any atom is 0.202 e. The summed E-state index contributed by atoms with van der Waals surface area (Å²) >= 11 is 6.64. The molecule has 0 spiro atoms. The molecule has 0 saturated heterocycles. The maximum atomic E-state index is 5.00. The standard InChI is InChI=1S/C11H14BrN3OS2/c1-16-7-5-10-14-11(18-15-10)13-6-4-8-2-3-9(12)17-8/h2-3H,4-7H2,1H3,(H,13,14,15). The van der Waals surface area contributed by atoms with Gasteiger partial charge in [0.15, 0.2) is 0 Å². The molecule has 0 saturated carbocycles. The van der Waals surface area contributed by atoms with Gasteiger partial charge in [0, 0.05) is 36.5 Å². The van der Waals surface area contributed by atoms with Crippen molar-refractivity contribution in [3.05, 3.63) is 26.6 Å². The molecule has 0 aliphatic rings. The quantitative estimate of drug-likeness (QED) is 0.835. The van der Waals surface area contributed by atoms with Crippen molar-refractivity contribution >= 4 is 43.9 Å². The molecule has 0 bridgehead atoms. The van der Waals surface area contributed by atoms with Crippen LogP contribution in [0.5, 0.6) is 0 Å². The molecule has 4 nitrogen and oxygen atoms in total. The van der Waals surface area contributed by atoms with Gasteiger partial charge in [-0.05, 0) is 34.5 Å². The van der Waals surface area contributed by atoms with Crippen LogP contribution in [0.25, 0.3) is 0 Å². The molecule has 0 amide bonds. The zero-order chi connectivity index (χ0) is 12.8. The van der Waals surface area contributed by atoms with E-state index in [-0.39, 0.29) is 0 Å². The Morgan fingerprint density at radius 2 is 2.28 bits per heavy atom.